The van der Waals surface area contributed by atoms with Crippen LogP contribution in [0, 0.1) is 33.6 Å². The molecule has 0 radical (unpaired) electrons. The number of aryl methyl sites for hydroxylation is 3. The Morgan fingerprint density at radius 1 is 0.826 bits per heavy atom. The summed E-state index contributed by atoms with van der Waals surface area (Å²) in [5, 5.41) is 16.9. The van der Waals surface area contributed by atoms with Crippen molar-refractivity contribution in [2.45, 2.75) is 131 Å². The van der Waals surface area contributed by atoms with Crippen LogP contribution in [0.5, 0.6) is 11.5 Å². The zero-order valence-electron chi connectivity index (χ0n) is 50.7. The number of carbonyl (C=O) groups is 4. The second-order valence-corrected chi connectivity index (χ2v) is 23.8. The maximum Gasteiger partial charge on any atom is 0.255 e. The Kier molecular flexibility index (Phi) is 21.9. The molecule has 0 spiro atoms. The van der Waals surface area contributed by atoms with E-state index in [2.05, 4.69) is 38.5 Å². The summed E-state index contributed by atoms with van der Waals surface area (Å²) in [6, 6.07) is 25.8. The van der Waals surface area contributed by atoms with E-state index in [0.29, 0.717) is 94.7 Å². The van der Waals surface area contributed by atoms with Crippen LogP contribution in [0.2, 0.25) is 0 Å². The van der Waals surface area contributed by atoms with Crippen molar-refractivity contribution in [3.8, 4) is 33.1 Å². The van der Waals surface area contributed by atoms with Crippen LogP contribution in [0.3, 0.4) is 0 Å². The lowest BCUT2D eigenvalue weighted by Crippen LogP contribution is -2.55. The van der Waals surface area contributed by atoms with Gasteiger partial charge in [0.2, 0.25) is 11.8 Å². The van der Waals surface area contributed by atoms with Crippen LogP contribution >= 0.6 is 11.3 Å². The van der Waals surface area contributed by atoms with Crippen molar-refractivity contribution in [2.24, 2.45) is 5.92 Å². The van der Waals surface area contributed by atoms with Gasteiger partial charge in [0.05, 0.1) is 35.4 Å². The van der Waals surface area contributed by atoms with Crippen molar-refractivity contribution in [3.05, 3.63) is 151 Å². The molecule has 4 N–H and O–H groups in total. The van der Waals surface area contributed by atoms with Gasteiger partial charge < -0.3 is 59.1 Å². The number of nitrogens with zero attached hydrogens (tertiary/aromatic N) is 4. The lowest BCUT2D eigenvalue weighted by Gasteiger charge is -2.37. The minimum Gasteiger partial charge on any atom is -0.494 e. The van der Waals surface area contributed by atoms with Gasteiger partial charge in [0.1, 0.15) is 23.6 Å². The highest BCUT2D eigenvalue weighted by atomic mass is 32.1. The topological polar surface area (TPSA) is 214 Å². The van der Waals surface area contributed by atoms with Gasteiger partial charge in [-0.15, -0.1) is 11.3 Å². The SMILES string of the molecule is CCN(c1cc(-c2ccc(OCCCOCCCOCCCOc3cc(-c4scnc4C)ccc3CNC(=O)[C@@H]3C[C@@H](O)CN3C(=O)[C@H](C(C)C)N3Cc4ccccc4C3=O)cc2)cc(C(=O)NCc2c(C)cc(C)[nH]c2=O)c1C)C1CCOCC1. The minimum atomic E-state index is -0.910. The van der Waals surface area contributed by atoms with Crippen molar-refractivity contribution in [1.82, 2.24) is 30.4 Å². The number of H-pyrrole nitrogens is 1. The van der Waals surface area contributed by atoms with E-state index in [1.165, 1.54) is 4.90 Å². The Hall–Kier alpha value is -7.42. The average Bonchev–Trinajstić information content (AvgIpc) is 1.71. The number of nitrogens with one attached hydrogen (secondary N) is 3. The van der Waals surface area contributed by atoms with E-state index in [0.717, 1.165) is 92.5 Å². The van der Waals surface area contributed by atoms with Gasteiger partial charge in [-0.1, -0.05) is 56.3 Å². The van der Waals surface area contributed by atoms with Gasteiger partial charge in [0.25, 0.3) is 17.4 Å². The number of β-amino-alcohol motifs (C(OH)–C–C–N with tert-alkyl or cyclic N) is 1. The van der Waals surface area contributed by atoms with Crippen molar-refractivity contribution in [1.29, 1.82) is 0 Å². The van der Waals surface area contributed by atoms with E-state index in [1.807, 2.05) is 120 Å². The van der Waals surface area contributed by atoms with Gasteiger partial charge in [0.15, 0.2) is 0 Å². The number of ether oxygens (including phenoxy) is 5. The number of carbonyl (C=O) groups excluding carboxylic acids is 4. The highest BCUT2D eigenvalue weighted by Gasteiger charge is 2.46. The largest absolute Gasteiger partial charge is 0.494 e. The summed E-state index contributed by atoms with van der Waals surface area (Å²) in [5.41, 5.74) is 12.1. The highest BCUT2D eigenvalue weighted by molar-refractivity contribution is 7.13. The number of aliphatic hydroxyl groups excluding tert-OH is 1. The number of fused-ring (bicyclic) bond motifs is 1. The third kappa shape index (κ3) is 15.4. The zero-order chi connectivity index (χ0) is 60.9. The first-order valence-corrected chi connectivity index (χ1v) is 31.1. The number of rotatable bonds is 28. The number of anilines is 1. The Labute approximate surface area is 508 Å². The quantitative estimate of drug-likeness (QED) is 0.0338. The summed E-state index contributed by atoms with van der Waals surface area (Å²) in [7, 11) is 0. The molecule has 86 heavy (non-hydrogen) atoms. The summed E-state index contributed by atoms with van der Waals surface area (Å²) < 4.78 is 30.0. The molecule has 458 valence electrons. The predicted molar refractivity (Wildman–Crippen MR) is 333 cm³/mol. The van der Waals surface area contributed by atoms with Gasteiger partial charge in [-0.05, 0) is 136 Å². The van der Waals surface area contributed by atoms with Crippen molar-refractivity contribution in [3.63, 3.8) is 0 Å². The van der Waals surface area contributed by atoms with Crippen LogP contribution in [-0.4, -0.2) is 139 Å². The second kappa shape index (κ2) is 29.8. The molecular weight excluding hydrogens is 1110 g/mol. The van der Waals surface area contributed by atoms with Crippen molar-refractivity contribution in [2.75, 3.05) is 70.8 Å². The maximum atomic E-state index is 14.3. The first kappa shape index (κ1) is 63.1. The molecular formula is C67H83N7O11S. The molecule has 4 amide bonds. The molecule has 2 saturated heterocycles. The second-order valence-electron chi connectivity index (χ2n) is 22.9. The summed E-state index contributed by atoms with van der Waals surface area (Å²) >= 11 is 1.54. The predicted octanol–water partition coefficient (Wildman–Crippen LogP) is 9.25. The molecule has 3 aliphatic rings. The van der Waals surface area contributed by atoms with E-state index in [-0.39, 0.29) is 67.2 Å². The van der Waals surface area contributed by atoms with E-state index in [4.69, 9.17) is 23.7 Å². The molecule has 3 atom stereocenters. The fourth-order valence-electron chi connectivity index (χ4n) is 11.9. The van der Waals surface area contributed by atoms with Gasteiger partial charge in [-0.2, -0.15) is 0 Å². The third-order valence-electron chi connectivity index (χ3n) is 16.4. The summed E-state index contributed by atoms with van der Waals surface area (Å²) in [4.78, 5) is 82.3. The molecule has 19 heteroatoms. The standard InChI is InChI=1S/C67H83N7O11S/c1-8-72(52-22-30-83-31-23-52)58-34-51(33-56(45(58)6)63(76)69-38-57-43(4)32-44(5)71-64(57)77)47-18-20-54(21-19-47)84-28-12-26-81-24-11-25-82-27-13-29-85-60-35-48(62-46(7)70-41-86-62)16-17-49(60)37-68-65(78)59-36-53(75)40-73(59)67(80)61(42(2)3)74-39-50-14-9-10-15-55(50)66(74)79/h9-10,14-21,32-35,41-42,52-53,59,61,75H,8,11-13,22-31,36-40H2,1-7H3,(H,68,78)(H,69,76)(H,71,77)/t53-,59+,61+/m1/s1. The number of aromatic amines is 1. The normalized spacial score (nSPS) is 16.4. The Morgan fingerprint density at radius 2 is 1.52 bits per heavy atom. The van der Waals surface area contributed by atoms with E-state index >= 15 is 0 Å². The van der Waals surface area contributed by atoms with Crippen LogP contribution in [-0.2, 0) is 43.4 Å². The molecule has 9 rings (SSSR count). The molecule has 0 aliphatic carbocycles. The third-order valence-corrected chi connectivity index (χ3v) is 17.4. The summed E-state index contributed by atoms with van der Waals surface area (Å²) in [5.74, 6) is -0.0712. The number of pyridine rings is 1. The number of thiazole rings is 1. The van der Waals surface area contributed by atoms with Crippen LogP contribution in [0.25, 0.3) is 21.6 Å². The van der Waals surface area contributed by atoms with Crippen molar-refractivity contribution >= 4 is 40.7 Å². The number of likely N-dealkylation sites (tertiary alicyclic amines) is 1. The molecule has 0 bridgehead atoms. The number of aromatic nitrogens is 2. The Morgan fingerprint density at radius 3 is 2.20 bits per heavy atom. The number of aliphatic hydroxyl groups is 1. The molecule has 0 unspecified atom stereocenters. The van der Waals surface area contributed by atoms with Gasteiger partial charge in [-0.3, -0.25) is 24.0 Å². The van der Waals surface area contributed by atoms with Crippen LogP contribution in [0.15, 0.2) is 95.2 Å². The first-order valence-electron chi connectivity index (χ1n) is 30.3. The molecule has 0 saturated carbocycles. The number of benzene rings is 4. The molecule has 6 aromatic rings. The van der Waals surface area contributed by atoms with Crippen LogP contribution < -0.4 is 30.6 Å². The van der Waals surface area contributed by atoms with Crippen molar-refractivity contribution < 1.29 is 48.0 Å². The van der Waals surface area contributed by atoms with Crippen LogP contribution in [0.4, 0.5) is 5.69 Å². The zero-order valence-corrected chi connectivity index (χ0v) is 51.5. The molecule has 2 fully saturated rings. The molecule has 18 nitrogen and oxygen atoms in total. The van der Waals surface area contributed by atoms with E-state index in [1.54, 1.807) is 22.3 Å². The lowest BCUT2D eigenvalue weighted by atomic mass is 9.95. The highest BCUT2D eigenvalue weighted by Crippen LogP contribution is 2.36. The monoisotopic (exact) mass is 1190 g/mol. The lowest BCUT2D eigenvalue weighted by molar-refractivity contribution is -0.143. The molecule has 4 aromatic carbocycles. The average molecular weight is 1190 g/mol. The Bertz CT molecular complexity index is 3380. The maximum absolute atomic E-state index is 14.3. The van der Waals surface area contributed by atoms with Crippen LogP contribution in [0.1, 0.15) is 119 Å². The summed E-state index contributed by atoms with van der Waals surface area (Å²) in [6.45, 7) is 19.3. The van der Waals surface area contributed by atoms with Gasteiger partial charge in [0, 0.05) is 131 Å². The van der Waals surface area contributed by atoms with Gasteiger partial charge >= 0.3 is 0 Å². The molecule has 2 aromatic heterocycles. The number of amides is 4. The van der Waals surface area contributed by atoms with Gasteiger partial charge in [-0.25, -0.2) is 4.98 Å². The summed E-state index contributed by atoms with van der Waals surface area (Å²) in [6.07, 6.45) is 3.09. The van der Waals surface area contributed by atoms with E-state index in [9.17, 15) is 29.1 Å². The number of hydrogen-bond donors (Lipinski definition) is 4. The fourth-order valence-corrected chi connectivity index (χ4v) is 12.7. The number of hydrogen-bond acceptors (Lipinski definition) is 14. The smallest absolute Gasteiger partial charge is 0.255 e. The Balaban J connectivity index is 0.708. The molecule has 3 aliphatic heterocycles. The minimum absolute atomic E-state index is 0.00000362. The van der Waals surface area contributed by atoms with E-state index < -0.39 is 18.2 Å². The first-order chi connectivity index (χ1) is 41.6. The fraction of sp³-hybridized carbons (Fsp3) is 0.463. The molecule has 5 heterocycles.